The molecule has 0 saturated heterocycles. The van der Waals surface area contributed by atoms with Gasteiger partial charge in [0.05, 0.1) is 11.5 Å². The van der Waals surface area contributed by atoms with Crippen molar-refractivity contribution in [3.8, 4) is 10.4 Å². The average Bonchev–Trinajstić information content (AvgIpc) is 2.79. The third kappa shape index (κ3) is 2.94. The molecule has 94 valence electrons. The first-order chi connectivity index (χ1) is 8.72. The minimum Gasteiger partial charge on any atom is -0.462 e. The van der Waals surface area contributed by atoms with Crippen LogP contribution in [0.4, 0.5) is 0 Å². The number of carbonyl (C=O) groups is 1. The van der Waals surface area contributed by atoms with Gasteiger partial charge in [0.1, 0.15) is 0 Å². The predicted octanol–water partition coefficient (Wildman–Crippen LogP) is 4.41. The summed E-state index contributed by atoms with van der Waals surface area (Å²) in [5.41, 5.74) is 1.19. The highest BCUT2D eigenvalue weighted by Gasteiger charge is 2.15. The van der Waals surface area contributed by atoms with Crippen LogP contribution < -0.4 is 0 Å². The third-order valence-corrected chi connectivity index (χ3v) is 4.43. The molecule has 1 heterocycles. The molecule has 0 aromatic rings. The molecule has 0 saturated carbocycles. The molecule has 18 heavy (non-hydrogen) atoms. The maximum absolute atomic E-state index is 11.6. The standard InChI is InChI=1S/C14H14O2S2/c1-3-8-16-14(15)10(2)18-12-7-6-11-5-4-9-17-13(11)12/h4-7,9H,2-3,8H2,1H3. The lowest BCUT2D eigenvalue weighted by Crippen LogP contribution is -2.05. The number of ether oxygens (including phenoxy) is 1. The zero-order valence-electron chi connectivity index (χ0n) is 10.1. The van der Waals surface area contributed by atoms with E-state index in [-0.39, 0.29) is 5.97 Å². The summed E-state index contributed by atoms with van der Waals surface area (Å²) in [7, 11) is 0. The average molecular weight is 278 g/mol. The van der Waals surface area contributed by atoms with Gasteiger partial charge >= 0.3 is 5.97 Å². The first kappa shape index (κ1) is 13.2. The van der Waals surface area contributed by atoms with Crippen molar-refractivity contribution < 1.29 is 9.53 Å². The number of hydrogen-bond donors (Lipinski definition) is 0. The van der Waals surface area contributed by atoms with E-state index in [4.69, 9.17) is 4.74 Å². The minimum absolute atomic E-state index is 0.322. The van der Waals surface area contributed by atoms with Crippen LogP contribution in [0.3, 0.4) is 0 Å². The van der Waals surface area contributed by atoms with Gasteiger partial charge in [0.15, 0.2) is 0 Å². The van der Waals surface area contributed by atoms with Gasteiger partial charge in [-0.3, -0.25) is 0 Å². The summed E-state index contributed by atoms with van der Waals surface area (Å²) in [5.74, 6) is -0.322. The molecular formula is C14H14O2S2. The molecule has 0 aromatic heterocycles. The van der Waals surface area contributed by atoms with E-state index in [0.29, 0.717) is 11.5 Å². The fourth-order valence-corrected chi connectivity index (χ4v) is 3.27. The molecule has 0 N–H and O–H groups in total. The molecule has 0 bridgehead atoms. The second kappa shape index (κ2) is 6.07. The van der Waals surface area contributed by atoms with Gasteiger partial charge in [-0.2, -0.15) is 0 Å². The van der Waals surface area contributed by atoms with Crippen molar-refractivity contribution in [3.63, 3.8) is 0 Å². The summed E-state index contributed by atoms with van der Waals surface area (Å²) in [6.45, 7) is 6.20. The van der Waals surface area contributed by atoms with Crippen LogP contribution in [-0.4, -0.2) is 12.6 Å². The number of thioether (sulfide) groups is 1. The van der Waals surface area contributed by atoms with Gasteiger partial charge in [-0.25, -0.2) is 4.79 Å². The number of rotatable bonds is 5. The quantitative estimate of drug-likeness (QED) is 0.460. The molecule has 1 aliphatic heterocycles. The first-order valence-corrected chi connectivity index (χ1v) is 7.42. The summed E-state index contributed by atoms with van der Waals surface area (Å²) >= 11 is 3.05. The normalized spacial score (nSPS) is 10.5. The number of esters is 1. The summed E-state index contributed by atoms with van der Waals surface area (Å²) in [6, 6.07) is 8.16. The van der Waals surface area contributed by atoms with E-state index >= 15 is 0 Å². The van der Waals surface area contributed by atoms with Gasteiger partial charge in [-0.15, -0.1) is 11.3 Å². The number of hydrogen-bond acceptors (Lipinski definition) is 4. The van der Waals surface area contributed by atoms with Crippen molar-refractivity contribution in [2.75, 3.05) is 6.61 Å². The maximum atomic E-state index is 11.6. The third-order valence-electron chi connectivity index (χ3n) is 2.34. The molecule has 2 nitrogen and oxygen atoms in total. The van der Waals surface area contributed by atoms with Crippen LogP contribution in [-0.2, 0) is 9.53 Å². The zero-order valence-corrected chi connectivity index (χ0v) is 11.8. The fraction of sp³-hybridized carbons (Fsp3) is 0.214. The summed E-state index contributed by atoms with van der Waals surface area (Å²) in [5, 5.41) is 2.03. The first-order valence-electron chi connectivity index (χ1n) is 5.72. The highest BCUT2D eigenvalue weighted by molar-refractivity contribution is 8.04. The fourth-order valence-electron chi connectivity index (χ4n) is 1.50. The van der Waals surface area contributed by atoms with Crippen molar-refractivity contribution in [1.29, 1.82) is 0 Å². The van der Waals surface area contributed by atoms with Crippen molar-refractivity contribution in [2.45, 2.75) is 18.2 Å². The smallest absolute Gasteiger partial charge is 0.344 e. The van der Waals surface area contributed by atoms with Crippen LogP contribution in [0.2, 0.25) is 0 Å². The molecule has 4 heteroatoms. The van der Waals surface area contributed by atoms with Crippen molar-refractivity contribution >= 4 is 29.1 Å². The SMILES string of the molecule is C=C(Sc1ccc2cccsc1-2)C(=O)OCCC. The van der Waals surface area contributed by atoms with Crippen LogP contribution in [0.5, 0.6) is 0 Å². The Morgan fingerprint density at radius 1 is 1.44 bits per heavy atom. The summed E-state index contributed by atoms with van der Waals surface area (Å²) in [6.07, 6.45) is 0.824. The van der Waals surface area contributed by atoms with E-state index in [9.17, 15) is 4.79 Å². The highest BCUT2D eigenvalue weighted by atomic mass is 32.2. The molecular weight excluding hydrogens is 264 g/mol. The minimum atomic E-state index is -0.322. The van der Waals surface area contributed by atoms with Gasteiger partial charge in [-0.1, -0.05) is 43.5 Å². The Morgan fingerprint density at radius 3 is 3.06 bits per heavy atom. The van der Waals surface area contributed by atoms with Crippen LogP contribution in [0.25, 0.3) is 10.4 Å². The van der Waals surface area contributed by atoms with E-state index in [0.717, 1.165) is 11.3 Å². The zero-order chi connectivity index (χ0) is 13.0. The summed E-state index contributed by atoms with van der Waals surface area (Å²) in [4.78, 5) is 14.3. The molecule has 0 spiro atoms. The van der Waals surface area contributed by atoms with Gasteiger partial charge < -0.3 is 4.74 Å². The van der Waals surface area contributed by atoms with Crippen molar-refractivity contribution in [3.05, 3.63) is 41.1 Å². The second-order valence-electron chi connectivity index (χ2n) is 3.76. The van der Waals surface area contributed by atoms with Crippen LogP contribution in [0.15, 0.2) is 46.0 Å². The molecule has 0 atom stereocenters. The van der Waals surface area contributed by atoms with Crippen molar-refractivity contribution in [1.82, 2.24) is 0 Å². The van der Waals surface area contributed by atoms with Gasteiger partial charge in [0.25, 0.3) is 0 Å². The van der Waals surface area contributed by atoms with Crippen LogP contribution in [0, 0.1) is 0 Å². The lowest BCUT2D eigenvalue weighted by molar-refractivity contribution is -0.138. The van der Waals surface area contributed by atoms with Crippen molar-refractivity contribution in [2.24, 2.45) is 0 Å². The van der Waals surface area contributed by atoms with E-state index < -0.39 is 0 Å². The molecule has 0 radical (unpaired) electrons. The Kier molecular flexibility index (Phi) is 4.44. The Bertz CT molecular complexity index is 531. The number of fused-ring (bicyclic) bond motifs is 1. The Morgan fingerprint density at radius 2 is 2.28 bits per heavy atom. The topological polar surface area (TPSA) is 26.3 Å². The van der Waals surface area contributed by atoms with Gasteiger partial charge in [0.2, 0.25) is 0 Å². The van der Waals surface area contributed by atoms with Crippen LogP contribution in [0.1, 0.15) is 13.3 Å². The largest absolute Gasteiger partial charge is 0.462 e. The summed E-state index contributed by atoms with van der Waals surface area (Å²) < 4.78 is 5.06. The molecule has 0 aromatic carbocycles. The highest BCUT2D eigenvalue weighted by Crippen LogP contribution is 2.40. The lowest BCUT2D eigenvalue weighted by atomic mass is 10.3. The molecule has 1 aliphatic carbocycles. The molecule has 0 amide bonds. The molecule has 0 unspecified atom stereocenters. The van der Waals surface area contributed by atoms with Gasteiger partial charge in [-0.05, 0) is 23.4 Å². The maximum Gasteiger partial charge on any atom is 0.344 e. The Labute approximate surface area is 115 Å². The molecule has 2 rings (SSSR count). The second-order valence-corrected chi connectivity index (χ2v) is 5.81. The Hall–Kier alpha value is -1.26. The van der Waals surface area contributed by atoms with Crippen LogP contribution >= 0.6 is 23.1 Å². The Balaban J connectivity index is 2.06. The van der Waals surface area contributed by atoms with E-state index in [1.54, 1.807) is 11.3 Å². The number of carbonyl (C=O) groups excluding carboxylic acids is 1. The monoisotopic (exact) mass is 278 g/mol. The predicted molar refractivity (Wildman–Crippen MR) is 77.2 cm³/mol. The molecule has 2 aliphatic rings. The van der Waals surface area contributed by atoms with E-state index in [2.05, 4.69) is 18.7 Å². The van der Waals surface area contributed by atoms with E-state index in [1.165, 1.54) is 22.2 Å². The molecule has 0 fully saturated rings. The lowest BCUT2D eigenvalue weighted by Gasteiger charge is -2.06. The van der Waals surface area contributed by atoms with E-state index in [1.807, 2.05) is 24.4 Å². The van der Waals surface area contributed by atoms with Gasteiger partial charge in [0, 0.05) is 9.77 Å².